The molecule has 2 aliphatic rings. The Balaban J connectivity index is 1.43. The summed E-state index contributed by atoms with van der Waals surface area (Å²) < 4.78 is 5.16. The fourth-order valence-corrected chi connectivity index (χ4v) is 3.51. The van der Waals surface area contributed by atoms with Gasteiger partial charge in [0.2, 0.25) is 0 Å². The molecule has 2 amide bonds. The largest absolute Gasteiger partial charge is 0.497 e. The van der Waals surface area contributed by atoms with Gasteiger partial charge in [0, 0.05) is 51.9 Å². The van der Waals surface area contributed by atoms with Crippen molar-refractivity contribution in [1.82, 2.24) is 20.0 Å². The molecule has 0 aromatic heterocycles. The molecule has 24 heavy (non-hydrogen) atoms. The fourth-order valence-electron chi connectivity index (χ4n) is 3.51. The van der Waals surface area contributed by atoms with Crippen LogP contribution in [-0.4, -0.2) is 86.7 Å². The Kier molecular flexibility index (Phi) is 5.58. The molecule has 0 radical (unpaired) electrons. The molecule has 0 saturated carbocycles. The highest BCUT2D eigenvalue weighted by Crippen LogP contribution is 2.15. The maximum absolute atomic E-state index is 12.4. The minimum atomic E-state index is 0.0661. The molecule has 0 aliphatic carbocycles. The molecule has 0 unspecified atom stereocenters. The average molecular weight is 332 g/mol. The summed E-state index contributed by atoms with van der Waals surface area (Å²) in [7, 11) is 3.82. The van der Waals surface area contributed by atoms with Crippen molar-refractivity contribution in [3.63, 3.8) is 0 Å². The molecule has 6 nitrogen and oxygen atoms in total. The fraction of sp³-hybridized carbons (Fsp3) is 0.611. The third-order valence-corrected chi connectivity index (χ3v) is 5.03. The molecular weight excluding hydrogens is 304 g/mol. The quantitative estimate of drug-likeness (QED) is 0.889. The summed E-state index contributed by atoms with van der Waals surface area (Å²) in [6, 6.07) is 8.54. The zero-order chi connectivity index (χ0) is 16.9. The van der Waals surface area contributed by atoms with Crippen LogP contribution in [0.4, 0.5) is 4.79 Å². The molecule has 1 N–H and O–H groups in total. The van der Waals surface area contributed by atoms with Crippen LogP contribution >= 0.6 is 0 Å². The van der Waals surface area contributed by atoms with Crippen LogP contribution in [0, 0.1) is 0 Å². The summed E-state index contributed by atoms with van der Waals surface area (Å²) in [5.74, 6) is 0.859. The molecule has 1 aromatic carbocycles. The number of nitrogens with one attached hydrogen (secondary N) is 1. The highest BCUT2D eigenvalue weighted by molar-refractivity contribution is 5.74. The van der Waals surface area contributed by atoms with Crippen molar-refractivity contribution < 1.29 is 9.53 Å². The predicted octanol–water partition coefficient (Wildman–Crippen LogP) is 0.879. The van der Waals surface area contributed by atoms with Gasteiger partial charge in [-0.05, 0) is 31.2 Å². The van der Waals surface area contributed by atoms with E-state index >= 15 is 0 Å². The molecule has 3 rings (SSSR count). The number of carbonyl (C=O) groups excluding carboxylic acids is 1. The lowest BCUT2D eigenvalue weighted by Crippen LogP contribution is -2.63. The van der Waals surface area contributed by atoms with Gasteiger partial charge < -0.3 is 19.9 Å². The van der Waals surface area contributed by atoms with Crippen molar-refractivity contribution >= 4 is 6.03 Å². The third-order valence-electron chi connectivity index (χ3n) is 5.03. The second kappa shape index (κ2) is 7.85. The molecule has 0 spiro atoms. The molecule has 2 aliphatic heterocycles. The number of likely N-dealkylation sites (N-methyl/N-ethyl adjacent to an activating group) is 1. The molecule has 2 fully saturated rings. The number of amides is 2. The summed E-state index contributed by atoms with van der Waals surface area (Å²) in [6.07, 6.45) is 0.835. The van der Waals surface area contributed by atoms with Crippen molar-refractivity contribution in [1.29, 1.82) is 0 Å². The van der Waals surface area contributed by atoms with Gasteiger partial charge in [-0.25, -0.2) is 4.79 Å². The van der Waals surface area contributed by atoms with E-state index in [-0.39, 0.29) is 6.03 Å². The van der Waals surface area contributed by atoms with Crippen LogP contribution in [0.15, 0.2) is 24.3 Å². The number of ether oxygens (including phenoxy) is 1. The maximum atomic E-state index is 12.4. The first kappa shape index (κ1) is 17.0. The van der Waals surface area contributed by atoms with E-state index in [9.17, 15) is 4.79 Å². The van der Waals surface area contributed by atoms with E-state index in [1.165, 1.54) is 5.56 Å². The van der Waals surface area contributed by atoms with Gasteiger partial charge in [0.05, 0.1) is 7.11 Å². The lowest BCUT2D eigenvalue weighted by Gasteiger charge is -2.46. The smallest absolute Gasteiger partial charge is 0.317 e. The first-order valence-corrected chi connectivity index (χ1v) is 8.74. The second-order valence-corrected chi connectivity index (χ2v) is 6.73. The molecule has 1 aromatic rings. The van der Waals surface area contributed by atoms with Crippen molar-refractivity contribution in [2.75, 3.05) is 60.0 Å². The number of hydrogen-bond donors (Lipinski definition) is 1. The van der Waals surface area contributed by atoms with E-state index in [4.69, 9.17) is 4.74 Å². The number of rotatable bonds is 4. The highest BCUT2D eigenvalue weighted by atomic mass is 16.5. The topological polar surface area (TPSA) is 48.1 Å². The third kappa shape index (κ3) is 4.19. The summed E-state index contributed by atoms with van der Waals surface area (Å²) in [5.41, 5.74) is 1.20. The number of benzene rings is 1. The van der Waals surface area contributed by atoms with Crippen molar-refractivity contribution in [3.05, 3.63) is 29.8 Å². The van der Waals surface area contributed by atoms with Gasteiger partial charge in [0.1, 0.15) is 5.75 Å². The van der Waals surface area contributed by atoms with Gasteiger partial charge in [-0.1, -0.05) is 12.1 Å². The monoisotopic (exact) mass is 332 g/mol. The number of fused-ring (bicyclic) bond motifs is 1. The van der Waals surface area contributed by atoms with Crippen LogP contribution in [0.3, 0.4) is 0 Å². The van der Waals surface area contributed by atoms with Crippen molar-refractivity contribution in [3.8, 4) is 5.75 Å². The molecule has 2 saturated heterocycles. The van der Waals surface area contributed by atoms with Gasteiger partial charge in [0.25, 0.3) is 0 Å². The summed E-state index contributed by atoms with van der Waals surface area (Å²) in [6.45, 7) is 6.61. The van der Waals surface area contributed by atoms with E-state index in [0.717, 1.165) is 51.4 Å². The molecule has 132 valence electrons. The zero-order valence-corrected chi connectivity index (χ0v) is 14.7. The van der Waals surface area contributed by atoms with Crippen LogP contribution < -0.4 is 10.1 Å². The molecular formula is C18H28N4O2. The Labute approximate surface area is 144 Å². The summed E-state index contributed by atoms with van der Waals surface area (Å²) >= 11 is 0. The first-order chi connectivity index (χ1) is 11.7. The Morgan fingerprint density at radius 2 is 1.92 bits per heavy atom. The zero-order valence-electron chi connectivity index (χ0n) is 14.7. The number of nitrogens with zero attached hydrogens (tertiary/aromatic N) is 3. The lowest BCUT2D eigenvalue weighted by atomic mass is 10.1. The van der Waals surface area contributed by atoms with Gasteiger partial charge >= 0.3 is 6.03 Å². The van der Waals surface area contributed by atoms with Crippen molar-refractivity contribution in [2.45, 2.75) is 12.5 Å². The predicted molar refractivity (Wildman–Crippen MR) is 94.5 cm³/mol. The lowest BCUT2D eigenvalue weighted by molar-refractivity contribution is 0.0331. The van der Waals surface area contributed by atoms with Gasteiger partial charge in [0.15, 0.2) is 0 Å². The second-order valence-electron chi connectivity index (χ2n) is 6.73. The normalized spacial score (nSPS) is 22.1. The van der Waals surface area contributed by atoms with E-state index in [2.05, 4.69) is 22.2 Å². The molecule has 2 heterocycles. The number of methoxy groups -OCH3 is 1. The maximum Gasteiger partial charge on any atom is 0.317 e. The van der Waals surface area contributed by atoms with Gasteiger partial charge in [-0.3, -0.25) is 4.90 Å². The van der Waals surface area contributed by atoms with E-state index in [1.807, 2.05) is 29.2 Å². The minimum absolute atomic E-state index is 0.0661. The molecule has 1 atom stereocenters. The Bertz CT molecular complexity index is 548. The van der Waals surface area contributed by atoms with E-state index < -0.39 is 0 Å². The molecule has 0 bridgehead atoms. The number of piperazine rings is 2. The van der Waals surface area contributed by atoms with Crippen LogP contribution in [-0.2, 0) is 6.42 Å². The number of urea groups is 1. The van der Waals surface area contributed by atoms with E-state index in [0.29, 0.717) is 12.6 Å². The Morgan fingerprint density at radius 3 is 2.67 bits per heavy atom. The van der Waals surface area contributed by atoms with Gasteiger partial charge in [-0.15, -0.1) is 0 Å². The summed E-state index contributed by atoms with van der Waals surface area (Å²) in [5, 5.41) is 3.06. The minimum Gasteiger partial charge on any atom is -0.497 e. The van der Waals surface area contributed by atoms with Crippen LogP contribution in [0.1, 0.15) is 5.56 Å². The Hall–Kier alpha value is -1.79. The number of carbonyl (C=O) groups is 1. The average Bonchev–Trinajstić information content (AvgIpc) is 2.61. The van der Waals surface area contributed by atoms with Crippen LogP contribution in [0.2, 0.25) is 0 Å². The van der Waals surface area contributed by atoms with Crippen LogP contribution in [0.25, 0.3) is 0 Å². The standard InChI is InChI=1S/C18H28N4O2/c1-20-9-10-21-11-12-22(14-16(21)13-20)18(23)19-8-7-15-3-5-17(24-2)6-4-15/h3-6,16H,7-14H2,1-2H3,(H,19,23)/t16-/m1/s1. The first-order valence-electron chi connectivity index (χ1n) is 8.74. The van der Waals surface area contributed by atoms with Crippen molar-refractivity contribution in [2.24, 2.45) is 0 Å². The summed E-state index contributed by atoms with van der Waals surface area (Å²) in [4.78, 5) is 19.2. The van der Waals surface area contributed by atoms with E-state index in [1.54, 1.807) is 7.11 Å². The Morgan fingerprint density at radius 1 is 1.17 bits per heavy atom. The molecule has 6 heteroatoms. The number of hydrogen-bond acceptors (Lipinski definition) is 4. The van der Waals surface area contributed by atoms with Crippen LogP contribution in [0.5, 0.6) is 5.75 Å². The SMILES string of the molecule is COc1ccc(CCNC(=O)N2CCN3CCN(C)C[C@@H]3C2)cc1. The highest BCUT2D eigenvalue weighted by Gasteiger charge is 2.32. The van der Waals surface area contributed by atoms with Gasteiger partial charge in [-0.2, -0.15) is 0 Å².